The van der Waals surface area contributed by atoms with Crippen molar-refractivity contribution in [1.82, 2.24) is 24.4 Å². The molecule has 0 aromatic carbocycles. The zero-order valence-electron chi connectivity index (χ0n) is 13.1. The van der Waals surface area contributed by atoms with Crippen LogP contribution in [-0.4, -0.2) is 36.9 Å². The summed E-state index contributed by atoms with van der Waals surface area (Å²) in [5.41, 5.74) is 0.889. The largest absolute Gasteiger partial charge is 0.334 e. The van der Waals surface area contributed by atoms with Gasteiger partial charge in [-0.1, -0.05) is 12.8 Å². The van der Waals surface area contributed by atoms with Gasteiger partial charge in [-0.05, 0) is 25.7 Å². The van der Waals surface area contributed by atoms with Crippen LogP contribution in [0.3, 0.4) is 0 Å². The highest BCUT2D eigenvalue weighted by Gasteiger charge is 2.35. The summed E-state index contributed by atoms with van der Waals surface area (Å²) in [6.45, 7) is 0.844. The highest BCUT2D eigenvalue weighted by Crippen LogP contribution is 2.35. The summed E-state index contributed by atoms with van der Waals surface area (Å²) in [7, 11) is 0. The van der Waals surface area contributed by atoms with Crippen LogP contribution in [0.2, 0.25) is 0 Å². The molecule has 0 spiro atoms. The Morgan fingerprint density at radius 3 is 2.74 bits per heavy atom. The van der Waals surface area contributed by atoms with E-state index in [1.165, 1.54) is 12.8 Å². The van der Waals surface area contributed by atoms with Gasteiger partial charge in [0.1, 0.15) is 6.33 Å². The van der Waals surface area contributed by atoms with Gasteiger partial charge in [-0.3, -0.25) is 14.3 Å². The first-order valence-electron chi connectivity index (χ1n) is 8.43. The zero-order valence-corrected chi connectivity index (χ0v) is 13.1. The highest BCUT2D eigenvalue weighted by molar-refractivity contribution is 5.79. The van der Waals surface area contributed by atoms with Gasteiger partial charge in [-0.2, -0.15) is 0 Å². The summed E-state index contributed by atoms with van der Waals surface area (Å²) < 4.78 is 1.84. The van der Waals surface area contributed by atoms with Crippen LogP contribution in [0.4, 0.5) is 0 Å². The number of hydrogen-bond acceptors (Lipinski definition) is 4. The molecule has 2 aliphatic rings. The van der Waals surface area contributed by atoms with Gasteiger partial charge in [0, 0.05) is 24.9 Å². The molecule has 23 heavy (non-hydrogen) atoms. The minimum Gasteiger partial charge on any atom is -0.334 e. The lowest BCUT2D eigenvalue weighted by Gasteiger charge is -2.27. The minimum absolute atomic E-state index is 0.0686. The lowest BCUT2D eigenvalue weighted by Crippen LogP contribution is -2.35. The number of amides is 1. The molecule has 0 bridgehead atoms. The van der Waals surface area contributed by atoms with Crippen LogP contribution in [0.15, 0.2) is 31.1 Å². The monoisotopic (exact) mass is 311 g/mol. The van der Waals surface area contributed by atoms with Crippen molar-refractivity contribution in [2.75, 3.05) is 6.54 Å². The molecule has 0 unspecified atom stereocenters. The van der Waals surface area contributed by atoms with Gasteiger partial charge < -0.3 is 4.90 Å². The molecule has 0 N–H and O–H groups in total. The Morgan fingerprint density at radius 2 is 1.96 bits per heavy atom. The third-order valence-electron chi connectivity index (χ3n) is 4.99. The predicted octanol–water partition coefficient (Wildman–Crippen LogP) is 2.52. The second-order valence-corrected chi connectivity index (χ2v) is 6.44. The summed E-state index contributed by atoms with van der Waals surface area (Å²) in [6, 6.07) is 0.0686. The smallest absolute Gasteiger partial charge is 0.226 e. The molecule has 0 radical (unpaired) electrons. The van der Waals surface area contributed by atoms with Crippen LogP contribution in [0.1, 0.15) is 50.3 Å². The first-order chi connectivity index (χ1) is 11.3. The Morgan fingerprint density at radius 1 is 1.09 bits per heavy atom. The summed E-state index contributed by atoms with van der Waals surface area (Å²) >= 11 is 0. The predicted molar refractivity (Wildman–Crippen MR) is 84.8 cm³/mol. The Balaban J connectivity index is 1.59. The van der Waals surface area contributed by atoms with Crippen LogP contribution >= 0.6 is 0 Å². The van der Waals surface area contributed by atoms with Gasteiger partial charge in [-0.15, -0.1) is 0 Å². The van der Waals surface area contributed by atoms with Gasteiger partial charge >= 0.3 is 0 Å². The summed E-state index contributed by atoms with van der Waals surface area (Å²) in [5, 5.41) is 0. The third kappa shape index (κ3) is 2.73. The third-order valence-corrected chi connectivity index (χ3v) is 4.99. The SMILES string of the molecule is O=C(C1CCCC1)N1CCC[C@@H]1c1cncc(-n2ccnc2)n1. The van der Waals surface area contributed by atoms with Gasteiger partial charge in [0.25, 0.3) is 0 Å². The van der Waals surface area contributed by atoms with E-state index >= 15 is 0 Å². The van der Waals surface area contributed by atoms with Crippen molar-refractivity contribution in [2.24, 2.45) is 5.92 Å². The standard InChI is InChI=1S/C17H21N5O/c23-17(13-4-1-2-5-13)22-8-3-6-15(22)14-10-19-11-16(20-14)21-9-7-18-12-21/h7,9-13,15H,1-6,8H2/t15-/m1/s1. The van der Waals surface area contributed by atoms with Gasteiger partial charge in [0.2, 0.25) is 5.91 Å². The van der Waals surface area contributed by atoms with Crippen molar-refractivity contribution in [1.29, 1.82) is 0 Å². The molecule has 6 nitrogen and oxygen atoms in total. The molecule has 1 aliphatic carbocycles. The van der Waals surface area contributed by atoms with E-state index in [0.717, 1.165) is 43.7 Å². The van der Waals surface area contributed by atoms with E-state index < -0.39 is 0 Å². The number of rotatable bonds is 3. The number of aromatic nitrogens is 4. The lowest BCUT2D eigenvalue weighted by molar-refractivity contribution is -0.136. The zero-order chi connectivity index (χ0) is 15.6. The molecule has 1 saturated carbocycles. The molecule has 2 aromatic heterocycles. The number of carbonyl (C=O) groups excluding carboxylic acids is 1. The van der Waals surface area contributed by atoms with Crippen molar-refractivity contribution >= 4 is 5.91 Å². The van der Waals surface area contributed by atoms with Crippen LogP contribution in [0, 0.1) is 5.92 Å². The van der Waals surface area contributed by atoms with E-state index in [1.54, 1.807) is 24.9 Å². The number of hydrogen-bond donors (Lipinski definition) is 0. The number of nitrogens with zero attached hydrogens (tertiary/aromatic N) is 5. The fraction of sp³-hybridized carbons (Fsp3) is 0.529. The van der Waals surface area contributed by atoms with Crippen molar-refractivity contribution < 1.29 is 4.79 Å². The van der Waals surface area contributed by atoms with E-state index in [0.29, 0.717) is 5.91 Å². The molecule has 1 aliphatic heterocycles. The molecular formula is C17H21N5O. The molecule has 2 fully saturated rings. The molecule has 1 amide bonds. The molecule has 4 rings (SSSR count). The highest BCUT2D eigenvalue weighted by atomic mass is 16.2. The van der Waals surface area contributed by atoms with E-state index in [2.05, 4.69) is 9.97 Å². The van der Waals surface area contributed by atoms with Crippen LogP contribution in [-0.2, 0) is 4.79 Å². The van der Waals surface area contributed by atoms with E-state index in [9.17, 15) is 4.79 Å². The average Bonchev–Trinajstić information content (AvgIpc) is 3.36. The number of imidazole rings is 1. The Hall–Kier alpha value is -2.24. The molecule has 1 saturated heterocycles. The fourth-order valence-corrected chi connectivity index (χ4v) is 3.80. The van der Waals surface area contributed by atoms with Crippen LogP contribution in [0.25, 0.3) is 5.82 Å². The van der Waals surface area contributed by atoms with Crippen molar-refractivity contribution in [2.45, 2.75) is 44.6 Å². The maximum Gasteiger partial charge on any atom is 0.226 e. The molecule has 6 heteroatoms. The second-order valence-electron chi connectivity index (χ2n) is 6.44. The number of likely N-dealkylation sites (tertiary alicyclic amines) is 1. The molecule has 2 aromatic rings. The maximum absolute atomic E-state index is 12.8. The molecule has 1 atom stereocenters. The number of carbonyl (C=O) groups is 1. The minimum atomic E-state index is 0.0686. The van der Waals surface area contributed by atoms with E-state index in [4.69, 9.17) is 4.98 Å². The maximum atomic E-state index is 12.8. The first kappa shape index (κ1) is 14.4. The molecular weight excluding hydrogens is 290 g/mol. The topological polar surface area (TPSA) is 63.9 Å². The molecule has 120 valence electrons. The van der Waals surface area contributed by atoms with Crippen molar-refractivity contribution in [3.05, 3.63) is 36.8 Å². The second kappa shape index (κ2) is 6.10. The Kier molecular flexibility index (Phi) is 3.81. The van der Waals surface area contributed by atoms with E-state index in [1.807, 2.05) is 15.7 Å². The quantitative estimate of drug-likeness (QED) is 0.873. The Bertz CT molecular complexity index is 678. The fourth-order valence-electron chi connectivity index (χ4n) is 3.80. The van der Waals surface area contributed by atoms with Gasteiger partial charge in [0.05, 0.1) is 24.1 Å². The van der Waals surface area contributed by atoms with Crippen molar-refractivity contribution in [3.63, 3.8) is 0 Å². The lowest BCUT2D eigenvalue weighted by atomic mass is 10.1. The van der Waals surface area contributed by atoms with Gasteiger partial charge in [-0.25, -0.2) is 9.97 Å². The van der Waals surface area contributed by atoms with Crippen LogP contribution in [0.5, 0.6) is 0 Å². The normalized spacial score (nSPS) is 21.9. The summed E-state index contributed by atoms with van der Waals surface area (Å²) in [4.78, 5) is 27.9. The summed E-state index contributed by atoms with van der Waals surface area (Å²) in [5.74, 6) is 1.29. The van der Waals surface area contributed by atoms with Crippen LogP contribution < -0.4 is 0 Å². The molecule has 3 heterocycles. The average molecular weight is 311 g/mol. The Labute approximate surface area is 135 Å². The van der Waals surface area contributed by atoms with Crippen molar-refractivity contribution in [3.8, 4) is 5.82 Å². The van der Waals surface area contributed by atoms with Gasteiger partial charge in [0.15, 0.2) is 5.82 Å². The first-order valence-corrected chi connectivity index (χ1v) is 8.43. The van der Waals surface area contributed by atoms with E-state index in [-0.39, 0.29) is 12.0 Å². The summed E-state index contributed by atoms with van der Waals surface area (Å²) in [6.07, 6.45) is 15.3.